The van der Waals surface area contributed by atoms with Crippen molar-refractivity contribution in [2.75, 3.05) is 31.7 Å². The molecule has 2 aromatic rings. The van der Waals surface area contributed by atoms with Crippen molar-refractivity contribution in [3.8, 4) is 5.75 Å². The van der Waals surface area contributed by atoms with E-state index in [-0.39, 0.29) is 41.3 Å². The standard InChI is InChI=1S/C35H45ClN2O6S/c1-22-6-4-8-31(39)28-12-9-26(28)19-38-20-35(15-5-7-24-17-27(36)11-13-29(24)35)21-44-32-14-10-25(18-30(32)38)34(40)37-45(41,42)33(22)16-23(2)43-3/h4,8,10-11,13-14,17-18,22-23,26,28,31,33,39H,5-7,9,12,15-16,19-21H2,1-3H3,(H,37,40)/b8-4-/t22-,23+,26-,28+,31-,33-,35-/m0/s1. The van der Waals surface area contributed by atoms with Crippen LogP contribution in [0, 0.1) is 17.8 Å². The number of rotatable bonds is 3. The molecule has 1 amide bonds. The molecule has 0 unspecified atom stereocenters. The van der Waals surface area contributed by atoms with Crippen molar-refractivity contribution in [2.45, 2.75) is 81.7 Å². The molecule has 8 nitrogen and oxygen atoms in total. The molecule has 4 aliphatic rings. The maximum atomic E-state index is 13.7. The molecule has 1 spiro atoms. The number of anilines is 1. The first-order valence-corrected chi connectivity index (χ1v) is 18.2. The summed E-state index contributed by atoms with van der Waals surface area (Å²) < 4.78 is 41.8. The largest absolute Gasteiger partial charge is 0.490 e. The lowest BCUT2D eigenvalue weighted by Gasteiger charge is -2.45. The molecule has 244 valence electrons. The fourth-order valence-corrected chi connectivity index (χ4v) is 9.86. The minimum absolute atomic E-state index is 0.102. The number of aliphatic hydroxyl groups excluding tert-OH is 1. The minimum atomic E-state index is -4.06. The van der Waals surface area contributed by atoms with Gasteiger partial charge in [0.2, 0.25) is 10.0 Å². The highest BCUT2D eigenvalue weighted by atomic mass is 35.5. The summed E-state index contributed by atoms with van der Waals surface area (Å²) in [4.78, 5) is 15.9. The third-order valence-electron chi connectivity index (χ3n) is 10.7. The summed E-state index contributed by atoms with van der Waals surface area (Å²) >= 11 is 6.40. The Kier molecular flexibility index (Phi) is 9.27. The van der Waals surface area contributed by atoms with E-state index in [4.69, 9.17) is 21.1 Å². The molecule has 2 aliphatic carbocycles. The van der Waals surface area contributed by atoms with E-state index in [1.807, 2.05) is 32.1 Å². The van der Waals surface area contributed by atoms with E-state index in [0.717, 1.165) is 42.8 Å². The van der Waals surface area contributed by atoms with Crippen LogP contribution in [0.2, 0.25) is 5.02 Å². The second-order valence-electron chi connectivity index (χ2n) is 13.7. The average molecular weight is 657 g/mol. The van der Waals surface area contributed by atoms with Crippen LogP contribution in [0.4, 0.5) is 5.69 Å². The van der Waals surface area contributed by atoms with Crippen LogP contribution in [0.3, 0.4) is 0 Å². The highest BCUT2D eigenvalue weighted by molar-refractivity contribution is 7.90. The monoisotopic (exact) mass is 656 g/mol. The molecule has 2 bridgehead atoms. The normalized spacial score (nSPS) is 32.6. The maximum absolute atomic E-state index is 13.7. The second-order valence-corrected chi connectivity index (χ2v) is 16.1. The number of nitrogens with zero attached hydrogens (tertiary/aromatic N) is 1. The number of benzene rings is 2. The van der Waals surface area contributed by atoms with E-state index >= 15 is 0 Å². The van der Waals surface area contributed by atoms with Crippen molar-refractivity contribution in [1.29, 1.82) is 0 Å². The highest BCUT2D eigenvalue weighted by Gasteiger charge is 2.44. The number of aryl methyl sites for hydroxylation is 1. The molecule has 45 heavy (non-hydrogen) atoms. The number of hydrogen-bond donors (Lipinski definition) is 2. The number of sulfonamides is 1. The van der Waals surface area contributed by atoms with Gasteiger partial charge in [0, 0.05) is 36.2 Å². The lowest BCUT2D eigenvalue weighted by Crippen LogP contribution is -2.49. The van der Waals surface area contributed by atoms with Crippen molar-refractivity contribution >= 4 is 33.2 Å². The SMILES string of the molecule is CO[C@H](C)C[C@H]1[C@@H](C)C/C=C\[C@H](O)[C@@H]2CC[C@H]2CN2C[C@@]3(CCCc4cc(Cl)ccc43)COc3ccc(cc32)C(=O)NS1(=O)=O. The quantitative estimate of drug-likeness (QED) is 0.412. The number of fused-ring (bicyclic) bond motifs is 4. The van der Waals surface area contributed by atoms with Gasteiger partial charge >= 0.3 is 0 Å². The number of nitrogens with one attached hydrogen (secondary N) is 1. The Balaban J connectivity index is 1.41. The first kappa shape index (κ1) is 32.4. The molecule has 2 aliphatic heterocycles. The van der Waals surface area contributed by atoms with Crippen molar-refractivity contribution in [3.05, 3.63) is 70.3 Å². The Morgan fingerprint density at radius 3 is 2.80 bits per heavy atom. The van der Waals surface area contributed by atoms with E-state index in [9.17, 15) is 18.3 Å². The van der Waals surface area contributed by atoms with E-state index in [1.54, 1.807) is 25.3 Å². The first-order chi connectivity index (χ1) is 21.5. The van der Waals surface area contributed by atoms with Crippen molar-refractivity contribution < 1.29 is 27.8 Å². The Morgan fingerprint density at radius 2 is 2.04 bits per heavy atom. The molecule has 0 saturated heterocycles. The Morgan fingerprint density at radius 1 is 1.22 bits per heavy atom. The lowest BCUT2D eigenvalue weighted by molar-refractivity contribution is 0.0455. The van der Waals surface area contributed by atoms with Crippen LogP contribution in [-0.2, 0) is 26.6 Å². The summed E-state index contributed by atoms with van der Waals surface area (Å²) in [5.41, 5.74) is 3.26. The molecule has 0 aromatic heterocycles. The lowest BCUT2D eigenvalue weighted by atomic mass is 9.68. The van der Waals surface area contributed by atoms with Crippen molar-refractivity contribution in [1.82, 2.24) is 4.72 Å². The Labute approximate surface area is 272 Å². The zero-order chi connectivity index (χ0) is 31.9. The van der Waals surface area contributed by atoms with Crippen LogP contribution in [0.5, 0.6) is 5.75 Å². The topological polar surface area (TPSA) is 105 Å². The first-order valence-electron chi connectivity index (χ1n) is 16.2. The minimum Gasteiger partial charge on any atom is -0.490 e. The van der Waals surface area contributed by atoms with Gasteiger partial charge in [-0.25, -0.2) is 13.1 Å². The van der Waals surface area contributed by atoms with E-state index < -0.39 is 27.3 Å². The number of methoxy groups -OCH3 is 1. The van der Waals surface area contributed by atoms with Gasteiger partial charge in [0.15, 0.2) is 0 Å². The number of aliphatic hydroxyl groups is 1. The maximum Gasteiger partial charge on any atom is 0.264 e. The summed E-state index contributed by atoms with van der Waals surface area (Å²) in [6.07, 6.45) is 8.38. The zero-order valence-electron chi connectivity index (χ0n) is 26.4. The van der Waals surface area contributed by atoms with E-state index in [2.05, 4.69) is 21.8 Å². The summed E-state index contributed by atoms with van der Waals surface area (Å²) in [6.45, 7) is 5.57. The van der Waals surface area contributed by atoms with Gasteiger partial charge in [-0.2, -0.15) is 0 Å². The summed E-state index contributed by atoms with van der Waals surface area (Å²) in [5.74, 6) is 0.0766. The van der Waals surface area contributed by atoms with Crippen molar-refractivity contribution in [3.63, 3.8) is 0 Å². The smallest absolute Gasteiger partial charge is 0.264 e. The van der Waals surface area contributed by atoms with E-state index in [1.165, 1.54) is 11.1 Å². The molecule has 2 N–H and O–H groups in total. The Hall–Kier alpha value is -2.59. The van der Waals surface area contributed by atoms with Gasteiger partial charge in [0.25, 0.3) is 5.91 Å². The predicted molar refractivity (Wildman–Crippen MR) is 177 cm³/mol. The van der Waals surface area contributed by atoms with Crippen LogP contribution in [0.25, 0.3) is 0 Å². The highest BCUT2D eigenvalue weighted by Crippen LogP contribution is 2.46. The fourth-order valence-electron chi connectivity index (χ4n) is 7.89. The molecule has 6 rings (SSSR count). The van der Waals surface area contributed by atoms with Crippen LogP contribution in [0.1, 0.15) is 73.9 Å². The van der Waals surface area contributed by atoms with Gasteiger partial charge in [-0.3, -0.25) is 4.79 Å². The molecule has 7 atom stereocenters. The van der Waals surface area contributed by atoms with E-state index in [0.29, 0.717) is 31.9 Å². The summed E-state index contributed by atoms with van der Waals surface area (Å²) in [6, 6.07) is 11.4. The number of carbonyl (C=O) groups excluding carboxylic acids is 1. The molecule has 2 aromatic carbocycles. The number of allylic oxidation sites excluding steroid dienone is 1. The van der Waals surface area contributed by atoms with Crippen LogP contribution >= 0.6 is 11.6 Å². The number of ether oxygens (including phenoxy) is 2. The molecule has 2 heterocycles. The predicted octanol–water partition coefficient (Wildman–Crippen LogP) is 5.65. The summed E-state index contributed by atoms with van der Waals surface area (Å²) in [5, 5.41) is 11.1. The second kappa shape index (κ2) is 12.9. The Bertz CT molecular complexity index is 1560. The molecule has 1 fully saturated rings. The fraction of sp³-hybridized carbons (Fsp3) is 0.571. The third kappa shape index (κ3) is 6.51. The van der Waals surface area contributed by atoms with Crippen LogP contribution in [0.15, 0.2) is 48.6 Å². The van der Waals surface area contributed by atoms with Gasteiger partial charge < -0.3 is 19.5 Å². The molecular formula is C35H45ClN2O6S. The number of carbonyl (C=O) groups is 1. The van der Waals surface area contributed by atoms with Gasteiger partial charge in [-0.15, -0.1) is 0 Å². The molecule has 1 saturated carbocycles. The number of amides is 1. The molecule has 10 heteroatoms. The van der Waals surface area contributed by atoms with Crippen LogP contribution < -0.4 is 14.4 Å². The van der Waals surface area contributed by atoms with Gasteiger partial charge in [0.05, 0.1) is 29.8 Å². The van der Waals surface area contributed by atoms with Gasteiger partial charge in [-0.1, -0.05) is 36.7 Å². The number of hydrogen-bond acceptors (Lipinski definition) is 7. The third-order valence-corrected chi connectivity index (χ3v) is 12.9. The number of halogens is 1. The average Bonchev–Trinajstić information content (AvgIpc) is 3.13. The van der Waals surface area contributed by atoms with Gasteiger partial charge in [0.1, 0.15) is 5.75 Å². The van der Waals surface area contributed by atoms with Crippen LogP contribution in [-0.4, -0.2) is 63.7 Å². The molecule has 0 radical (unpaired) electrons. The summed E-state index contributed by atoms with van der Waals surface area (Å²) in [7, 11) is -2.51. The van der Waals surface area contributed by atoms with Crippen molar-refractivity contribution in [2.24, 2.45) is 17.8 Å². The zero-order valence-corrected chi connectivity index (χ0v) is 27.9. The molecular weight excluding hydrogens is 612 g/mol. The van der Waals surface area contributed by atoms with Gasteiger partial charge in [-0.05, 0) is 111 Å².